The van der Waals surface area contributed by atoms with Gasteiger partial charge in [-0.3, -0.25) is 4.79 Å². The van der Waals surface area contributed by atoms with Gasteiger partial charge in [0.2, 0.25) is 0 Å². The number of carbonyl (C=O) groups is 1. The highest BCUT2D eigenvalue weighted by Gasteiger charge is 2.09. The first-order valence-corrected chi connectivity index (χ1v) is 5.36. The van der Waals surface area contributed by atoms with E-state index in [-0.39, 0.29) is 5.91 Å². The Hall–Kier alpha value is -1.61. The second-order valence-electron chi connectivity index (χ2n) is 3.68. The molecule has 0 saturated heterocycles. The van der Waals surface area contributed by atoms with Crippen LogP contribution in [0.15, 0.2) is 30.4 Å². The predicted molar refractivity (Wildman–Crippen MR) is 66.4 cm³/mol. The van der Waals surface area contributed by atoms with Crippen molar-refractivity contribution in [1.29, 1.82) is 0 Å². The van der Waals surface area contributed by atoms with Crippen molar-refractivity contribution in [1.82, 2.24) is 5.32 Å². The molecule has 16 heavy (non-hydrogen) atoms. The smallest absolute Gasteiger partial charge is 0.252 e. The minimum absolute atomic E-state index is 0.0303. The van der Waals surface area contributed by atoms with Crippen LogP contribution in [0, 0.1) is 13.8 Å². The standard InChI is InChI=1S/C13H18N2O/c1-10-6-5-7-11(2)12(10)13(16)15-9-4-3-8-14/h3-7H,8-9,14H2,1-2H3,(H,15,16)/b4-3+. The molecular formula is C13H18N2O. The lowest BCUT2D eigenvalue weighted by Crippen LogP contribution is -2.25. The van der Waals surface area contributed by atoms with E-state index in [0.29, 0.717) is 13.1 Å². The van der Waals surface area contributed by atoms with E-state index in [1.165, 1.54) is 0 Å². The molecule has 0 saturated carbocycles. The topological polar surface area (TPSA) is 55.1 Å². The second-order valence-corrected chi connectivity index (χ2v) is 3.68. The Kier molecular flexibility index (Phi) is 4.73. The zero-order valence-electron chi connectivity index (χ0n) is 9.79. The van der Waals surface area contributed by atoms with Crippen molar-refractivity contribution in [2.24, 2.45) is 5.73 Å². The van der Waals surface area contributed by atoms with Gasteiger partial charge in [0, 0.05) is 18.7 Å². The van der Waals surface area contributed by atoms with Gasteiger partial charge in [-0.2, -0.15) is 0 Å². The second kappa shape index (κ2) is 6.08. The molecule has 1 aromatic rings. The zero-order valence-corrected chi connectivity index (χ0v) is 9.79. The third kappa shape index (κ3) is 3.21. The summed E-state index contributed by atoms with van der Waals surface area (Å²) in [6.45, 7) is 4.90. The average Bonchev–Trinajstić information content (AvgIpc) is 2.24. The molecule has 86 valence electrons. The fraction of sp³-hybridized carbons (Fsp3) is 0.308. The lowest BCUT2D eigenvalue weighted by Gasteiger charge is -2.08. The summed E-state index contributed by atoms with van der Waals surface area (Å²) in [4.78, 5) is 11.9. The molecule has 0 aliphatic rings. The third-order valence-electron chi connectivity index (χ3n) is 2.39. The van der Waals surface area contributed by atoms with Gasteiger partial charge in [-0.15, -0.1) is 0 Å². The van der Waals surface area contributed by atoms with Gasteiger partial charge in [0.25, 0.3) is 5.91 Å². The molecule has 0 aliphatic carbocycles. The van der Waals surface area contributed by atoms with E-state index < -0.39 is 0 Å². The molecule has 0 unspecified atom stereocenters. The Labute approximate surface area is 96.3 Å². The molecular weight excluding hydrogens is 200 g/mol. The van der Waals surface area contributed by atoms with E-state index in [4.69, 9.17) is 5.73 Å². The van der Waals surface area contributed by atoms with Crippen molar-refractivity contribution in [3.63, 3.8) is 0 Å². The van der Waals surface area contributed by atoms with E-state index in [0.717, 1.165) is 16.7 Å². The predicted octanol–water partition coefficient (Wildman–Crippen LogP) is 1.55. The summed E-state index contributed by atoms with van der Waals surface area (Å²) in [7, 11) is 0. The fourth-order valence-electron chi connectivity index (χ4n) is 1.59. The number of amides is 1. The Morgan fingerprint density at radius 2 is 1.94 bits per heavy atom. The summed E-state index contributed by atoms with van der Waals surface area (Å²) in [5, 5.41) is 2.83. The van der Waals surface area contributed by atoms with Crippen molar-refractivity contribution in [3.05, 3.63) is 47.0 Å². The molecule has 0 bridgehead atoms. The third-order valence-corrected chi connectivity index (χ3v) is 2.39. The molecule has 0 aliphatic heterocycles. The number of rotatable bonds is 4. The molecule has 3 N–H and O–H groups in total. The molecule has 3 heteroatoms. The molecule has 0 spiro atoms. The van der Waals surface area contributed by atoms with Crippen LogP contribution >= 0.6 is 0 Å². The molecule has 1 rings (SSSR count). The maximum absolute atomic E-state index is 11.9. The van der Waals surface area contributed by atoms with E-state index in [9.17, 15) is 4.79 Å². The van der Waals surface area contributed by atoms with E-state index in [1.54, 1.807) is 0 Å². The number of hydrogen-bond donors (Lipinski definition) is 2. The SMILES string of the molecule is Cc1cccc(C)c1C(=O)NC/C=C/CN. The maximum atomic E-state index is 11.9. The first-order chi connectivity index (χ1) is 7.66. The summed E-state index contributed by atoms with van der Waals surface area (Å²) in [5.74, 6) is -0.0303. The van der Waals surface area contributed by atoms with Crippen molar-refractivity contribution < 1.29 is 4.79 Å². The number of nitrogens with one attached hydrogen (secondary N) is 1. The highest BCUT2D eigenvalue weighted by atomic mass is 16.1. The Bertz CT molecular complexity index is 377. The number of carbonyl (C=O) groups excluding carboxylic acids is 1. The summed E-state index contributed by atoms with van der Waals surface area (Å²) >= 11 is 0. The van der Waals surface area contributed by atoms with E-state index in [1.807, 2.05) is 44.2 Å². The van der Waals surface area contributed by atoms with Gasteiger partial charge < -0.3 is 11.1 Å². The zero-order chi connectivity index (χ0) is 12.0. The van der Waals surface area contributed by atoms with Crippen molar-refractivity contribution in [3.8, 4) is 0 Å². The van der Waals surface area contributed by atoms with Crippen LogP contribution in [0.1, 0.15) is 21.5 Å². The van der Waals surface area contributed by atoms with Gasteiger partial charge in [0.1, 0.15) is 0 Å². The lowest BCUT2D eigenvalue weighted by atomic mass is 10.0. The van der Waals surface area contributed by atoms with Crippen molar-refractivity contribution in [2.75, 3.05) is 13.1 Å². The normalized spacial score (nSPS) is 10.7. The molecule has 0 atom stereocenters. The van der Waals surface area contributed by atoms with Crippen LogP contribution in [-0.4, -0.2) is 19.0 Å². The monoisotopic (exact) mass is 218 g/mol. The summed E-state index contributed by atoms with van der Waals surface area (Å²) in [6, 6.07) is 5.84. The molecule has 1 amide bonds. The molecule has 1 aromatic carbocycles. The first-order valence-electron chi connectivity index (χ1n) is 5.36. The summed E-state index contributed by atoms with van der Waals surface area (Å²) in [5.41, 5.74) is 8.07. The van der Waals surface area contributed by atoms with Crippen LogP contribution in [-0.2, 0) is 0 Å². The first kappa shape index (κ1) is 12.5. The largest absolute Gasteiger partial charge is 0.349 e. The minimum atomic E-state index is -0.0303. The highest BCUT2D eigenvalue weighted by Crippen LogP contribution is 2.12. The van der Waals surface area contributed by atoms with Crippen LogP contribution < -0.4 is 11.1 Å². The molecule has 0 fully saturated rings. The van der Waals surface area contributed by atoms with Crippen LogP contribution in [0.25, 0.3) is 0 Å². The van der Waals surface area contributed by atoms with Gasteiger partial charge >= 0.3 is 0 Å². The molecule has 0 aromatic heterocycles. The van der Waals surface area contributed by atoms with Crippen LogP contribution in [0.2, 0.25) is 0 Å². The lowest BCUT2D eigenvalue weighted by molar-refractivity contribution is 0.0957. The molecule has 3 nitrogen and oxygen atoms in total. The summed E-state index contributed by atoms with van der Waals surface area (Å²) in [6.07, 6.45) is 3.68. The average molecular weight is 218 g/mol. The highest BCUT2D eigenvalue weighted by molar-refractivity contribution is 5.97. The Balaban J connectivity index is 2.70. The number of nitrogens with two attached hydrogens (primary N) is 1. The van der Waals surface area contributed by atoms with Gasteiger partial charge in [-0.1, -0.05) is 30.4 Å². The van der Waals surface area contributed by atoms with Gasteiger partial charge in [0.05, 0.1) is 0 Å². The summed E-state index contributed by atoms with van der Waals surface area (Å²) < 4.78 is 0. The van der Waals surface area contributed by atoms with Gasteiger partial charge in [-0.05, 0) is 25.0 Å². The molecule has 0 radical (unpaired) electrons. The Morgan fingerprint density at radius 1 is 1.31 bits per heavy atom. The van der Waals surface area contributed by atoms with Crippen LogP contribution in [0.5, 0.6) is 0 Å². The minimum Gasteiger partial charge on any atom is -0.349 e. The van der Waals surface area contributed by atoms with E-state index >= 15 is 0 Å². The number of aryl methyl sites for hydroxylation is 2. The molecule has 0 heterocycles. The van der Waals surface area contributed by atoms with E-state index in [2.05, 4.69) is 5.32 Å². The number of benzene rings is 1. The van der Waals surface area contributed by atoms with Crippen LogP contribution in [0.4, 0.5) is 0 Å². The van der Waals surface area contributed by atoms with Gasteiger partial charge in [0.15, 0.2) is 0 Å². The van der Waals surface area contributed by atoms with Crippen molar-refractivity contribution in [2.45, 2.75) is 13.8 Å². The number of hydrogen-bond acceptors (Lipinski definition) is 2. The van der Waals surface area contributed by atoms with Crippen molar-refractivity contribution >= 4 is 5.91 Å². The quantitative estimate of drug-likeness (QED) is 0.753. The fourth-order valence-corrected chi connectivity index (χ4v) is 1.59. The maximum Gasteiger partial charge on any atom is 0.252 e. The van der Waals surface area contributed by atoms with Gasteiger partial charge in [-0.25, -0.2) is 0 Å². The van der Waals surface area contributed by atoms with Crippen LogP contribution in [0.3, 0.4) is 0 Å². The Morgan fingerprint density at radius 3 is 2.50 bits per heavy atom.